The number of hydrogen-bond acceptors (Lipinski definition) is 3. The number of carbonyl (C=O) groups is 1. The number of primary amides is 1. The van der Waals surface area contributed by atoms with Crippen LogP contribution in [0.1, 0.15) is 72.3 Å². The van der Waals surface area contributed by atoms with Crippen molar-refractivity contribution < 1.29 is 17.6 Å². The highest BCUT2D eigenvalue weighted by molar-refractivity contribution is 7.91. The van der Waals surface area contributed by atoms with Gasteiger partial charge in [-0.1, -0.05) is 19.3 Å². The van der Waals surface area contributed by atoms with Crippen molar-refractivity contribution in [2.24, 2.45) is 11.7 Å². The van der Waals surface area contributed by atoms with Gasteiger partial charge in [0.25, 0.3) is 0 Å². The van der Waals surface area contributed by atoms with E-state index in [9.17, 15) is 17.6 Å². The number of halogens is 1. The summed E-state index contributed by atoms with van der Waals surface area (Å²) in [5.41, 5.74) is 6.51. The molecule has 0 atom stereocenters. The molecule has 0 heterocycles. The zero-order valence-corrected chi connectivity index (χ0v) is 14.8. The van der Waals surface area contributed by atoms with E-state index in [4.69, 9.17) is 5.73 Å². The van der Waals surface area contributed by atoms with Crippen LogP contribution in [0.4, 0.5) is 4.39 Å². The Hall–Kier alpha value is -1.43. The summed E-state index contributed by atoms with van der Waals surface area (Å²) in [6, 6.07) is 1.00. The molecule has 2 saturated carbocycles. The molecule has 0 saturated heterocycles. The zero-order valence-electron chi connectivity index (χ0n) is 14.0. The Balaban J connectivity index is 2.18. The minimum absolute atomic E-state index is 0.000994. The summed E-state index contributed by atoms with van der Waals surface area (Å²) in [7, 11) is -3.70. The predicted molar refractivity (Wildman–Crippen MR) is 90.3 cm³/mol. The van der Waals surface area contributed by atoms with Gasteiger partial charge in [0.15, 0.2) is 9.84 Å². The minimum atomic E-state index is -3.70. The molecule has 2 aliphatic rings. The SMILES string of the molecule is Cc1c(C(N)=O)cc(F)c(S(=O)(=O)CC2CC2)c1C1CCCCC1. The third-order valence-electron chi connectivity index (χ3n) is 5.28. The highest BCUT2D eigenvalue weighted by atomic mass is 32.2. The Kier molecular flexibility index (Phi) is 4.69. The van der Waals surface area contributed by atoms with Gasteiger partial charge in [-0.25, -0.2) is 12.8 Å². The number of rotatable bonds is 5. The molecular formula is C18H24FNO3S. The maximum atomic E-state index is 14.8. The molecule has 0 aliphatic heterocycles. The van der Waals surface area contributed by atoms with E-state index in [1.54, 1.807) is 6.92 Å². The topological polar surface area (TPSA) is 77.2 Å². The average molecular weight is 353 g/mol. The van der Waals surface area contributed by atoms with Gasteiger partial charge in [-0.2, -0.15) is 0 Å². The molecule has 6 heteroatoms. The number of amides is 1. The summed E-state index contributed by atoms with van der Waals surface area (Å²) in [6.45, 7) is 1.69. The van der Waals surface area contributed by atoms with Crippen molar-refractivity contribution in [3.63, 3.8) is 0 Å². The largest absolute Gasteiger partial charge is 0.366 e. The lowest BCUT2D eigenvalue weighted by Gasteiger charge is -2.27. The molecule has 4 nitrogen and oxygen atoms in total. The Morgan fingerprint density at radius 2 is 1.83 bits per heavy atom. The Labute approximate surface area is 142 Å². The zero-order chi connectivity index (χ0) is 17.5. The van der Waals surface area contributed by atoms with Gasteiger partial charge in [-0.15, -0.1) is 0 Å². The standard InChI is InChI=1S/C18H24FNO3S/c1-11-14(18(20)21)9-15(19)17(24(22,23)10-12-7-8-12)16(11)13-5-3-2-4-6-13/h9,12-13H,2-8,10H2,1H3,(H2,20,21). The van der Waals surface area contributed by atoms with Gasteiger partial charge in [-0.3, -0.25) is 4.79 Å². The van der Waals surface area contributed by atoms with E-state index < -0.39 is 21.6 Å². The number of carbonyl (C=O) groups excluding carboxylic acids is 1. The van der Waals surface area contributed by atoms with Crippen molar-refractivity contribution in [1.29, 1.82) is 0 Å². The molecule has 2 N–H and O–H groups in total. The van der Waals surface area contributed by atoms with Gasteiger partial charge in [0.1, 0.15) is 10.7 Å². The van der Waals surface area contributed by atoms with E-state index in [1.165, 1.54) is 0 Å². The lowest BCUT2D eigenvalue weighted by atomic mass is 9.81. The van der Waals surface area contributed by atoms with Crippen LogP contribution >= 0.6 is 0 Å². The highest BCUT2D eigenvalue weighted by Crippen LogP contribution is 2.42. The van der Waals surface area contributed by atoms with E-state index in [0.29, 0.717) is 11.1 Å². The molecule has 1 aromatic rings. The van der Waals surface area contributed by atoms with Crippen molar-refractivity contribution in [2.75, 3.05) is 5.75 Å². The van der Waals surface area contributed by atoms with Crippen LogP contribution in [0, 0.1) is 18.7 Å². The number of sulfone groups is 1. The van der Waals surface area contributed by atoms with Crippen LogP contribution in [0.15, 0.2) is 11.0 Å². The second-order valence-corrected chi connectivity index (χ2v) is 9.17. The van der Waals surface area contributed by atoms with E-state index in [0.717, 1.165) is 51.0 Å². The molecule has 24 heavy (non-hydrogen) atoms. The summed E-state index contributed by atoms with van der Waals surface area (Å²) in [6.07, 6.45) is 6.53. The van der Waals surface area contributed by atoms with Crippen LogP contribution in [0.2, 0.25) is 0 Å². The monoisotopic (exact) mass is 353 g/mol. The van der Waals surface area contributed by atoms with Gasteiger partial charge < -0.3 is 5.73 Å². The fraction of sp³-hybridized carbons (Fsp3) is 0.611. The van der Waals surface area contributed by atoms with Crippen molar-refractivity contribution in [2.45, 2.75) is 62.7 Å². The Morgan fingerprint density at radius 3 is 2.38 bits per heavy atom. The first kappa shape index (κ1) is 17.4. The molecule has 0 unspecified atom stereocenters. The van der Waals surface area contributed by atoms with Crippen molar-refractivity contribution in [3.8, 4) is 0 Å². The van der Waals surface area contributed by atoms with E-state index >= 15 is 0 Å². The van der Waals surface area contributed by atoms with E-state index in [-0.39, 0.29) is 28.0 Å². The summed E-state index contributed by atoms with van der Waals surface area (Å²) in [5, 5.41) is 0. The molecule has 0 radical (unpaired) electrons. The minimum Gasteiger partial charge on any atom is -0.366 e. The predicted octanol–water partition coefficient (Wildman–Crippen LogP) is 3.46. The molecule has 2 fully saturated rings. The quantitative estimate of drug-likeness (QED) is 0.880. The van der Waals surface area contributed by atoms with Gasteiger partial charge in [0.05, 0.1) is 5.75 Å². The number of nitrogens with two attached hydrogens (primary N) is 1. The summed E-state index contributed by atoms with van der Waals surface area (Å²) in [4.78, 5) is 11.5. The van der Waals surface area contributed by atoms with Crippen molar-refractivity contribution in [1.82, 2.24) is 0 Å². The van der Waals surface area contributed by atoms with Gasteiger partial charge in [0.2, 0.25) is 5.91 Å². The Bertz CT molecular complexity index is 763. The van der Waals surface area contributed by atoms with E-state index in [2.05, 4.69) is 0 Å². The fourth-order valence-corrected chi connectivity index (χ4v) is 6.01. The molecular weight excluding hydrogens is 329 g/mol. The molecule has 1 aromatic carbocycles. The fourth-order valence-electron chi connectivity index (χ4n) is 3.88. The first-order valence-corrected chi connectivity index (χ1v) is 10.3. The summed E-state index contributed by atoms with van der Waals surface area (Å²) >= 11 is 0. The lowest BCUT2D eigenvalue weighted by Crippen LogP contribution is -2.21. The molecule has 0 bridgehead atoms. The van der Waals surface area contributed by atoms with Crippen LogP contribution in [0.5, 0.6) is 0 Å². The summed E-state index contributed by atoms with van der Waals surface area (Å²) in [5.74, 6) is -1.41. The van der Waals surface area contributed by atoms with Crippen molar-refractivity contribution in [3.05, 3.63) is 28.6 Å². The average Bonchev–Trinajstić information content (AvgIpc) is 3.32. The van der Waals surface area contributed by atoms with Crippen LogP contribution in [0.25, 0.3) is 0 Å². The third kappa shape index (κ3) is 3.34. The molecule has 1 amide bonds. The van der Waals surface area contributed by atoms with Gasteiger partial charge in [-0.05, 0) is 61.6 Å². The van der Waals surface area contributed by atoms with Crippen LogP contribution in [-0.4, -0.2) is 20.1 Å². The van der Waals surface area contributed by atoms with Crippen LogP contribution < -0.4 is 5.73 Å². The number of hydrogen-bond donors (Lipinski definition) is 1. The lowest BCUT2D eigenvalue weighted by molar-refractivity contribution is 0.0999. The molecule has 0 aromatic heterocycles. The molecule has 2 aliphatic carbocycles. The normalized spacial score (nSPS) is 19.4. The molecule has 3 rings (SSSR count). The highest BCUT2D eigenvalue weighted by Gasteiger charge is 2.35. The van der Waals surface area contributed by atoms with E-state index in [1.807, 2.05) is 0 Å². The smallest absolute Gasteiger partial charge is 0.249 e. The third-order valence-corrected chi connectivity index (χ3v) is 7.23. The molecule has 132 valence electrons. The summed E-state index contributed by atoms with van der Waals surface area (Å²) < 4.78 is 40.5. The Morgan fingerprint density at radius 1 is 1.21 bits per heavy atom. The van der Waals surface area contributed by atoms with Gasteiger partial charge >= 0.3 is 0 Å². The van der Waals surface area contributed by atoms with Gasteiger partial charge in [0, 0.05) is 5.56 Å². The maximum absolute atomic E-state index is 14.8. The van der Waals surface area contributed by atoms with Crippen LogP contribution in [0.3, 0.4) is 0 Å². The second kappa shape index (κ2) is 6.47. The van der Waals surface area contributed by atoms with Crippen molar-refractivity contribution >= 4 is 15.7 Å². The van der Waals surface area contributed by atoms with Crippen LogP contribution in [-0.2, 0) is 9.84 Å². The number of benzene rings is 1. The maximum Gasteiger partial charge on any atom is 0.249 e. The first-order chi connectivity index (χ1) is 11.3. The first-order valence-electron chi connectivity index (χ1n) is 8.67. The molecule has 0 spiro atoms. The second-order valence-electron chi connectivity index (χ2n) is 7.20.